The molecule has 2 aromatic rings. The molecule has 0 aromatic carbocycles. The molecule has 0 fully saturated rings. The van der Waals surface area contributed by atoms with Gasteiger partial charge in [-0.15, -0.1) is 11.3 Å². The highest BCUT2D eigenvalue weighted by molar-refractivity contribution is 7.19. The maximum absolute atomic E-state index is 6.22. The lowest BCUT2D eigenvalue weighted by molar-refractivity contribution is 0.178. The van der Waals surface area contributed by atoms with Crippen LogP contribution < -0.4 is 0 Å². The molecule has 0 saturated carbocycles. The van der Waals surface area contributed by atoms with E-state index in [1.54, 1.807) is 18.4 Å². The second-order valence-electron chi connectivity index (χ2n) is 3.90. The van der Waals surface area contributed by atoms with Crippen LogP contribution in [0.3, 0.4) is 0 Å². The Morgan fingerprint density at radius 2 is 2.25 bits per heavy atom. The summed E-state index contributed by atoms with van der Waals surface area (Å²) in [6.45, 7) is 0.415. The lowest BCUT2D eigenvalue weighted by atomic mass is 10.2. The van der Waals surface area contributed by atoms with Gasteiger partial charge in [0.2, 0.25) is 0 Å². The first-order chi connectivity index (χ1) is 7.79. The van der Waals surface area contributed by atoms with E-state index in [-0.39, 0.29) is 0 Å². The number of methoxy groups -OCH3 is 1. The zero-order chi connectivity index (χ0) is 11.1. The summed E-state index contributed by atoms with van der Waals surface area (Å²) in [4.78, 5) is 11.2. The van der Waals surface area contributed by atoms with Gasteiger partial charge in [-0.3, -0.25) is 0 Å². The topological polar surface area (TPSA) is 35.0 Å². The molecule has 1 aliphatic rings. The van der Waals surface area contributed by atoms with Gasteiger partial charge in [-0.05, 0) is 24.8 Å². The lowest BCUT2D eigenvalue weighted by Gasteiger charge is -2.01. The molecular formula is C11H11ClN2OS. The third-order valence-electron chi connectivity index (χ3n) is 2.84. The summed E-state index contributed by atoms with van der Waals surface area (Å²) in [5.41, 5.74) is 1.37. The molecule has 2 aromatic heterocycles. The van der Waals surface area contributed by atoms with Crippen LogP contribution in [0.25, 0.3) is 10.2 Å². The van der Waals surface area contributed by atoms with Crippen molar-refractivity contribution in [2.24, 2.45) is 0 Å². The van der Waals surface area contributed by atoms with Crippen molar-refractivity contribution in [3.05, 3.63) is 21.4 Å². The number of fused-ring (bicyclic) bond motifs is 3. The van der Waals surface area contributed by atoms with Crippen molar-refractivity contribution in [3.8, 4) is 0 Å². The Hall–Kier alpha value is -0.710. The number of nitrogens with zero attached hydrogens (tertiary/aromatic N) is 2. The molecule has 5 heteroatoms. The Labute approximate surface area is 102 Å². The van der Waals surface area contributed by atoms with Gasteiger partial charge in [0, 0.05) is 12.0 Å². The van der Waals surface area contributed by atoms with Gasteiger partial charge in [0.25, 0.3) is 0 Å². The van der Waals surface area contributed by atoms with Crippen molar-refractivity contribution in [3.63, 3.8) is 0 Å². The molecule has 0 atom stereocenters. The fraction of sp³-hybridized carbons (Fsp3) is 0.455. The number of thiophene rings is 1. The van der Waals surface area contributed by atoms with Crippen LogP contribution >= 0.6 is 22.9 Å². The number of hydrogen-bond donors (Lipinski definition) is 0. The predicted molar refractivity (Wildman–Crippen MR) is 65.2 cm³/mol. The molecular weight excluding hydrogens is 244 g/mol. The van der Waals surface area contributed by atoms with Crippen LogP contribution in [0.2, 0.25) is 5.15 Å². The Morgan fingerprint density at radius 1 is 1.38 bits per heavy atom. The molecule has 0 amide bonds. The molecule has 0 aliphatic heterocycles. The number of aryl methyl sites for hydroxylation is 2. The highest BCUT2D eigenvalue weighted by Crippen LogP contribution is 2.39. The smallest absolute Gasteiger partial charge is 0.157 e. The lowest BCUT2D eigenvalue weighted by Crippen LogP contribution is -1.97. The van der Waals surface area contributed by atoms with E-state index in [0.29, 0.717) is 17.6 Å². The van der Waals surface area contributed by atoms with Gasteiger partial charge < -0.3 is 4.74 Å². The van der Waals surface area contributed by atoms with Gasteiger partial charge in [0.15, 0.2) is 5.82 Å². The Bertz CT molecular complexity index is 552. The predicted octanol–water partition coefficient (Wildman–Crippen LogP) is 2.98. The highest BCUT2D eigenvalue weighted by atomic mass is 35.5. The number of hydrogen-bond acceptors (Lipinski definition) is 4. The first kappa shape index (κ1) is 10.4. The average Bonchev–Trinajstić information content (AvgIpc) is 2.76. The zero-order valence-electron chi connectivity index (χ0n) is 8.92. The van der Waals surface area contributed by atoms with Gasteiger partial charge >= 0.3 is 0 Å². The Kier molecular flexibility index (Phi) is 2.58. The minimum atomic E-state index is 0.415. The molecule has 0 saturated heterocycles. The summed E-state index contributed by atoms with van der Waals surface area (Å²) in [6.07, 6.45) is 3.50. The molecule has 0 unspecified atom stereocenters. The summed E-state index contributed by atoms with van der Waals surface area (Å²) < 4.78 is 5.03. The van der Waals surface area contributed by atoms with Crippen LogP contribution in [0.4, 0.5) is 0 Å². The van der Waals surface area contributed by atoms with Crippen molar-refractivity contribution in [1.82, 2.24) is 9.97 Å². The first-order valence-corrected chi connectivity index (χ1v) is 6.44. The Morgan fingerprint density at radius 3 is 3.06 bits per heavy atom. The number of aromatic nitrogens is 2. The quantitative estimate of drug-likeness (QED) is 0.773. The van der Waals surface area contributed by atoms with Gasteiger partial charge in [-0.25, -0.2) is 9.97 Å². The van der Waals surface area contributed by atoms with Crippen molar-refractivity contribution in [2.45, 2.75) is 25.9 Å². The molecule has 1 aliphatic carbocycles. The van der Waals surface area contributed by atoms with Crippen LogP contribution in [-0.4, -0.2) is 17.1 Å². The summed E-state index contributed by atoms with van der Waals surface area (Å²) in [5.74, 6) is 0.667. The van der Waals surface area contributed by atoms with Crippen molar-refractivity contribution in [1.29, 1.82) is 0 Å². The van der Waals surface area contributed by atoms with Crippen LogP contribution in [0.15, 0.2) is 0 Å². The molecule has 0 bridgehead atoms. The van der Waals surface area contributed by atoms with Gasteiger partial charge in [-0.1, -0.05) is 11.6 Å². The molecule has 3 rings (SSSR count). The molecule has 0 spiro atoms. The second-order valence-corrected chi connectivity index (χ2v) is 5.34. The number of rotatable bonds is 2. The minimum absolute atomic E-state index is 0.415. The Balaban J connectivity index is 2.22. The van der Waals surface area contributed by atoms with Crippen LogP contribution in [-0.2, 0) is 24.2 Å². The van der Waals surface area contributed by atoms with Crippen LogP contribution in [0, 0.1) is 0 Å². The van der Waals surface area contributed by atoms with Crippen molar-refractivity contribution >= 4 is 33.2 Å². The third kappa shape index (κ3) is 1.52. The van der Waals surface area contributed by atoms with E-state index >= 15 is 0 Å². The van der Waals surface area contributed by atoms with E-state index in [1.165, 1.54) is 16.9 Å². The minimum Gasteiger partial charge on any atom is -0.377 e. The third-order valence-corrected chi connectivity index (χ3v) is 4.30. The van der Waals surface area contributed by atoms with E-state index in [4.69, 9.17) is 16.3 Å². The van der Waals surface area contributed by atoms with E-state index < -0.39 is 0 Å². The maximum Gasteiger partial charge on any atom is 0.157 e. The summed E-state index contributed by atoms with van der Waals surface area (Å²) in [6, 6.07) is 0. The zero-order valence-corrected chi connectivity index (χ0v) is 10.5. The second kappa shape index (κ2) is 3.95. The molecule has 84 valence electrons. The molecule has 0 radical (unpaired) electrons. The van der Waals surface area contributed by atoms with E-state index in [2.05, 4.69) is 9.97 Å². The van der Waals surface area contributed by atoms with Crippen molar-refractivity contribution in [2.75, 3.05) is 7.11 Å². The number of ether oxygens (including phenoxy) is 1. The normalized spacial score (nSPS) is 14.6. The molecule has 2 heterocycles. The van der Waals surface area contributed by atoms with Crippen LogP contribution in [0.5, 0.6) is 0 Å². The fourth-order valence-corrected chi connectivity index (χ4v) is 3.82. The van der Waals surface area contributed by atoms with Gasteiger partial charge in [0.1, 0.15) is 16.6 Å². The molecule has 16 heavy (non-hydrogen) atoms. The highest BCUT2D eigenvalue weighted by Gasteiger charge is 2.21. The van der Waals surface area contributed by atoms with Gasteiger partial charge in [-0.2, -0.15) is 0 Å². The standard InChI is InChI=1S/C11H11ClN2OS/c1-15-5-8-13-10(12)9-6-3-2-4-7(6)16-11(9)14-8/h2-5H2,1H3. The first-order valence-electron chi connectivity index (χ1n) is 5.25. The largest absolute Gasteiger partial charge is 0.377 e. The fourth-order valence-electron chi connectivity index (χ4n) is 2.19. The summed E-state index contributed by atoms with van der Waals surface area (Å²) >= 11 is 7.97. The van der Waals surface area contributed by atoms with Gasteiger partial charge in [0.05, 0.1) is 5.39 Å². The average molecular weight is 255 g/mol. The SMILES string of the molecule is COCc1nc(Cl)c2c3c(sc2n1)CCC3. The molecule has 3 nitrogen and oxygen atoms in total. The van der Waals surface area contributed by atoms with Crippen molar-refractivity contribution < 1.29 is 4.74 Å². The summed E-state index contributed by atoms with van der Waals surface area (Å²) in [7, 11) is 1.63. The monoisotopic (exact) mass is 254 g/mol. The molecule has 0 N–H and O–H groups in total. The van der Waals surface area contributed by atoms with E-state index in [1.807, 2.05) is 0 Å². The van der Waals surface area contributed by atoms with E-state index in [9.17, 15) is 0 Å². The van der Waals surface area contributed by atoms with E-state index in [0.717, 1.165) is 23.1 Å². The maximum atomic E-state index is 6.22. The summed E-state index contributed by atoms with van der Waals surface area (Å²) in [5, 5.41) is 1.65. The number of halogens is 1. The van der Waals surface area contributed by atoms with Crippen LogP contribution in [0.1, 0.15) is 22.7 Å².